The quantitative estimate of drug-likeness (QED) is 0.223. The lowest BCUT2D eigenvalue weighted by molar-refractivity contribution is -0.140. The normalized spacial score (nSPS) is 18.3. The maximum absolute atomic E-state index is 14.3. The second-order valence-electron chi connectivity index (χ2n) is 12.0. The van der Waals surface area contributed by atoms with Crippen LogP contribution < -0.4 is 20.7 Å². The highest BCUT2D eigenvalue weighted by Crippen LogP contribution is 2.31. The van der Waals surface area contributed by atoms with E-state index in [2.05, 4.69) is 37.7 Å². The molecule has 2 aromatic carbocycles. The van der Waals surface area contributed by atoms with Crippen LogP contribution in [0.1, 0.15) is 52.5 Å². The average Bonchev–Trinajstić information content (AvgIpc) is 3.81. The van der Waals surface area contributed by atoms with Crippen LogP contribution in [-0.2, 0) is 11.3 Å². The molecule has 1 aromatic heterocycles. The zero-order valence-electron chi connectivity index (χ0n) is 26.3. The van der Waals surface area contributed by atoms with Crippen molar-refractivity contribution in [1.29, 1.82) is 0 Å². The fraction of sp³-hybridized carbons (Fsp3) is 0.455. The number of nitrogens with zero attached hydrogens (tertiary/aromatic N) is 3. The minimum Gasteiger partial charge on any atom is -0.494 e. The number of ether oxygens (including phenoxy) is 1. The van der Waals surface area contributed by atoms with Crippen LogP contribution in [0.3, 0.4) is 0 Å². The summed E-state index contributed by atoms with van der Waals surface area (Å²) < 4.78 is 60.6. The van der Waals surface area contributed by atoms with Crippen molar-refractivity contribution in [2.24, 2.45) is 11.8 Å². The molecule has 3 N–H and O–H groups in total. The van der Waals surface area contributed by atoms with Crippen LogP contribution in [0, 0.1) is 29.5 Å². The van der Waals surface area contributed by atoms with E-state index in [9.17, 15) is 31.9 Å². The average molecular weight is 657 g/mol. The van der Waals surface area contributed by atoms with Crippen LogP contribution in [0.4, 0.5) is 23.2 Å². The third kappa shape index (κ3) is 8.21. The fourth-order valence-corrected chi connectivity index (χ4v) is 5.78. The zero-order valence-corrected chi connectivity index (χ0v) is 26.3. The number of piperidine rings is 1. The molecule has 2 atom stereocenters. The second-order valence-corrected chi connectivity index (χ2v) is 12.0. The largest absolute Gasteiger partial charge is 0.494 e. The number of carbonyl (C=O) groups is 3. The Balaban J connectivity index is 1.36. The number of nitrogens with one attached hydrogen (secondary N) is 3. The first-order valence-corrected chi connectivity index (χ1v) is 15.3. The van der Waals surface area contributed by atoms with Crippen LogP contribution in [0.25, 0.3) is 11.0 Å². The number of amides is 2. The number of methoxy groups -OCH3 is 1. The van der Waals surface area contributed by atoms with Crippen molar-refractivity contribution in [3.05, 3.63) is 53.1 Å². The van der Waals surface area contributed by atoms with E-state index in [1.165, 1.54) is 32.4 Å². The SMILES string of the molecule is CNC(=O)c1cc(NCC#Cc2cc(C(=O)N[C@H]3CCN(CC(=O)C4CC4)C[C@@H]3C)c3ncn(CC(F)(F)F)c3c2)c(OC)cc1F. The van der Waals surface area contributed by atoms with Crippen LogP contribution in [0.5, 0.6) is 5.75 Å². The number of carbonyl (C=O) groups excluding carboxylic acids is 3. The van der Waals surface area contributed by atoms with Crippen molar-refractivity contribution in [3.8, 4) is 17.6 Å². The molecule has 2 heterocycles. The van der Waals surface area contributed by atoms with Gasteiger partial charge in [-0.2, -0.15) is 13.2 Å². The van der Waals surface area contributed by atoms with Gasteiger partial charge in [-0.05, 0) is 43.4 Å². The summed E-state index contributed by atoms with van der Waals surface area (Å²) in [5.74, 6) is 4.49. The van der Waals surface area contributed by atoms with Gasteiger partial charge in [-0.3, -0.25) is 19.3 Å². The Morgan fingerprint density at radius 3 is 2.51 bits per heavy atom. The molecule has 1 saturated carbocycles. The first kappa shape index (κ1) is 33.7. The van der Waals surface area contributed by atoms with E-state index in [4.69, 9.17) is 4.74 Å². The number of aromatic nitrogens is 2. The number of anilines is 1. The topological polar surface area (TPSA) is 118 Å². The molecule has 10 nitrogen and oxygen atoms in total. The van der Waals surface area contributed by atoms with Gasteiger partial charge in [-0.1, -0.05) is 18.8 Å². The summed E-state index contributed by atoms with van der Waals surface area (Å²) in [6.07, 6.45) is -0.936. The van der Waals surface area contributed by atoms with E-state index >= 15 is 0 Å². The number of ketones is 1. The first-order valence-electron chi connectivity index (χ1n) is 15.3. The lowest BCUT2D eigenvalue weighted by Gasteiger charge is -2.37. The molecule has 1 aliphatic heterocycles. The van der Waals surface area contributed by atoms with Crippen molar-refractivity contribution in [2.75, 3.05) is 45.7 Å². The van der Waals surface area contributed by atoms with E-state index in [1.807, 2.05) is 6.92 Å². The molecule has 14 heteroatoms. The van der Waals surface area contributed by atoms with Crippen molar-refractivity contribution in [3.63, 3.8) is 0 Å². The number of fused-ring (bicyclic) bond motifs is 1. The summed E-state index contributed by atoms with van der Waals surface area (Å²) in [6.45, 7) is 2.39. The number of rotatable bonds is 10. The van der Waals surface area contributed by atoms with E-state index in [0.717, 1.165) is 29.8 Å². The first-order chi connectivity index (χ1) is 22.4. The molecule has 2 amide bonds. The van der Waals surface area contributed by atoms with Crippen molar-refractivity contribution >= 4 is 34.3 Å². The van der Waals surface area contributed by atoms with Crippen LogP contribution in [0.2, 0.25) is 0 Å². The number of hydrogen-bond acceptors (Lipinski definition) is 7. The number of likely N-dealkylation sites (tertiary alicyclic amines) is 1. The number of Topliss-reactive ketones (excluding diaryl/α,β-unsaturated/α-hetero) is 1. The maximum Gasteiger partial charge on any atom is 0.406 e. The van der Waals surface area contributed by atoms with Gasteiger partial charge in [0.2, 0.25) is 0 Å². The molecule has 0 bridgehead atoms. The monoisotopic (exact) mass is 656 g/mol. The summed E-state index contributed by atoms with van der Waals surface area (Å²) in [5.41, 5.74) is 0.700. The molecule has 1 saturated heterocycles. The van der Waals surface area contributed by atoms with Gasteiger partial charge < -0.3 is 25.3 Å². The Morgan fingerprint density at radius 2 is 1.85 bits per heavy atom. The highest BCUT2D eigenvalue weighted by Gasteiger charge is 2.34. The smallest absolute Gasteiger partial charge is 0.406 e. The molecule has 2 fully saturated rings. The van der Waals surface area contributed by atoms with Gasteiger partial charge in [0.25, 0.3) is 11.8 Å². The summed E-state index contributed by atoms with van der Waals surface area (Å²) in [4.78, 5) is 44.2. The third-order valence-electron chi connectivity index (χ3n) is 8.40. The van der Waals surface area contributed by atoms with Crippen molar-refractivity contribution < 1.29 is 36.7 Å². The predicted octanol–water partition coefficient (Wildman–Crippen LogP) is 3.99. The molecule has 2 aliphatic rings. The van der Waals surface area contributed by atoms with Crippen LogP contribution in [0.15, 0.2) is 30.6 Å². The third-order valence-corrected chi connectivity index (χ3v) is 8.40. The van der Waals surface area contributed by atoms with Gasteiger partial charge >= 0.3 is 6.18 Å². The Morgan fingerprint density at radius 1 is 1.09 bits per heavy atom. The molecule has 0 unspecified atom stereocenters. The summed E-state index contributed by atoms with van der Waals surface area (Å²) in [6, 6.07) is 5.09. The van der Waals surface area contributed by atoms with Gasteiger partial charge in [0, 0.05) is 43.7 Å². The molecular weight excluding hydrogens is 620 g/mol. The second kappa shape index (κ2) is 14.0. The minimum absolute atomic E-state index is 0.00407. The Kier molecular flexibility index (Phi) is 10.0. The number of benzene rings is 2. The van der Waals surface area contributed by atoms with Crippen molar-refractivity contribution in [2.45, 2.75) is 44.9 Å². The van der Waals surface area contributed by atoms with Crippen LogP contribution >= 0.6 is 0 Å². The number of hydrogen-bond donors (Lipinski definition) is 3. The molecule has 1 aliphatic carbocycles. The molecule has 0 spiro atoms. The van der Waals surface area contributed by atoms with E-state index in [-0.39, 0.29) is 63.7 Å². The number of imidazole rings is 1. The number of alkyl halides is 3. The lowest BCUT2D eigenvalue weighted by Crippen LogP contribution is -2.51. The minimum atomic E-state index is -4.52. The zero-order chi connectivity index (χ0) is 33.9. The van der Waals surface area contributed by atoms with Crippen LogP contribution in [-0.4, -0.2) is 84.6 Å². The highest BCUT2D eigenvalue weighted by atomic mass is 19.4. The summed E-state index contributed by atoms with van der Waals surface area (Å²) in [7, 11) is 2.72. The Bertz CT molecular complexity index is 1740. The van der Waals surface area contributed by atoms with Gasteiger partial charge in [0.15, 0.2) is 0 Å². The summed E-state index contributed by atoms with van der Waals surface area (Å²) >= 11 is 0. The molecule has 0 radical (unpaired) electrons. The Hall–Kier alpha value is -4.64. The molecule has 3 aromatic rings. The lowest BCUT2D eigenvalue weighted by atomic mass is 9.93. The molecule has 250 valence electrons. The van der Waals surface area contributed by atoms with E-state index < -0.39 is 30.4 Å². The van der Waals surface area contributed by atoms with E-state index in [0.29, 0.717) is 31.7 Å². The summed E-state index contributed by atoms with van der Waals surface area (Å²) in [5, 5.41) is 8.36. The van der Waals surface area contributed by atoms with Gasteiger partial charge in [-0.15, -0.1) is 0 Å². The fourth-order valence-electron chi connectivity index (χ4n) is 5.78. The molecule has 47 heavy (non-hydrogen) atoms. The number of halogens is 4. The van der Waals surface area contributed by atoms with Gasteiger partial charge in [-0.25, -0.2) is 9.37 Å². The predicted molar refractivity (Wildman–Crippen MR) is 167 cm³/mol. The van der Waals surface area contributed by atoms with E-state index in [1.54, 1.807) is 0 Å². The Labute approximate surface area is 269 Å². The molecule has 5 rings (SSSR count). The molecular formula is C33H36F4N6O4. The van der Waals surface area contributed by atoms with Gasteiger partial charge in [0.1, 0.15) is 29.4 Å². The van der Waals surface area contributed by atoms with Crippen molar-refractivity contribution in [1.82, 2.24) is 25.1 Å². The maximum atomic E-state index is 14.3. The van der Waals surface area contributed by atoms with Gasteiger partial charge in [0.05, 0.1) is 48.9 Å². The highest BCUT2D eigenvalue weighted by molar-refractivity contribution is 6.05. The standard InChI is InChI=1S/C33H36F4N6O4/c1-19-15-42(16-28(44)21-6-7-21)10-8-25(19)41-32(46)23-11-20(12-27-30(23)40-18-43(27)17-33(35,36)37)5-4-9-39-26-13-22(31(45)38-2)24(34)14-29(26)47-3/h11-14,18-19,21,25,39H,6-10,15-17H2,1-3H3,(H,38,45)(H,41,46)/t19-,25-/m0/s1.